The second-order valence-corrected chi connectivity index (χ2v) is 5.20. The van der Waals surface area contributed by atoms with Gasteiger partial charge in [-0.1, -0.05) is 18.2 Å². The molecule has 20 heavy (non-hydrogen) atoms. The largest absolute Gasteiger partial charge is 0.437 e. The van der Waals surface area contributed by atoms with Crippen LogP contribution in [-0.4, -0.2) is 9.97 Å². The Morgan fingerprint density at radius 1 is 1.15 bits per heavy atom. The summed E-state index contributed by atoms with van der Waals surface area (Å²) in [6, 6.07) is 11.7. The predicted molar refractivity (Wildman–Crippen MR) is 81.6 cm³/mol. The number of nitrogens with zero attached hydrogens (tertiary/aromatic N) is 2. The quantitative estimate of drug-likeness (QED) is 0.796. The molecule has 0 amide bonds. The third kappa shape index (κ3) is 2.64. The fourth-order valence-corrected chi connectivity index (χ4v) is 2.31. The molecule has 100 valence electrons. The summed E-state index contributed by atoms with van der Waals surface area (Å²) in [4.78, 5) is 8.53. The summed E-state index contributed by atoms with van der Waals surface area (Å²) in [5.41, 5.74) is 6.48. The summed E-state index contributed by atoms with van der Waals surface area (Å²) in [6.45, 7) is 0.373. The molecule has 2 aromatic heterocycles. The molecule has 2 N–H and O–H groups in total. The van der Waals surface area contributed by atoms with E-state index in [4.69, 9.17) is 10.5 Å². The highest BCUT2D eigenvalue weighted by Crippen LogP contribution is 2.29. The van der Waals surface area contributed by atoms with Crippen LogP contribution in [0.5, 0.6) is 11.6 Å². The number of pyridine rings is 2. The van der Waals surface area contributed by atoms with Crippen molar-refractivity contribution >= 4 is 26.7 Å². The Morgan fingerprint density at radius 2 is 2.00 bits per heavy atom. The van der Waals surface area contributed by atoms with Crippen molar-refractivity contribution in [2.45, 2.75) is 6.54 Å². The fraction of sp³-hybridized carbons (Fsp3) is 0.0667. The maximum Gasteiger partial charge on any atom is 0.227 e. The van der Waals surface area contributed by atoms with Gasteiger partial charge in [-0.25, -0.2) is 4.98 Å². The molecule has 3 aromatic rings. The van der Waals surface area contributed by atoms with E-state index in [0.717, 1.165) is 20.9 Å². The van der Waals surface area contributed by atoms with Crippen molar-refractivity contribution < 1.29 is 4.74 Å². The Balaban J connectivity index is 2.10. The van der Waals surface area contributed by atoms with Gasteiger partial charge in [-0.2, -0.15) is 0 Å². The van der Waals surface area contributed by atoms with Gasteiger partial charge in [-0.15, -0.1) is 0 Å². The van der Waals surface area contributed by atoms with Crippen LogP contribution in [0.25, 0.3) is 10.8 Å². The maximum atomic E-state index is 5.86. The normalized spacial score (nSPS) is 10.7. The fourth-order valence-electron chi connectivity index (χ4n) is 1.96. The molecular weight excluding hydrogens is 318 g/mol. The van der Waals surface area contributed by atoms with Gasteiger partial charge in [0, 0.05) is 22.6 Å². The van der Waals surface area contributed by atoms with Gasteiger partial charge in [-0.3, -0.25) is 4.98 Å². The van der Waals surface area contributed by atoms with E-state index in [9.17, 15) is 0 Å². The van der Waals surface area contributed by atoms with E-state index in [2.05, 4.69) is 25.9 Å². The highest BCUT2D eigenvalue weighted by molar-refractivity contribution is 9.10. The topological polar surface area (TPSA) is 61.0 Å². The summed E-state index contributed by atoms with van der Waals surface area (Å²) >= 11 is 3.37. The first-order valence-electron chi connectivity index (χ1n) is 6.13. The van der Waals surface area contributed by atoms with Crippen molar-refractivity contribution in [2.75, 3.05) is 0 Å². The average molecular weight is 330 g/mol. The highest BCUT2D eigenvalue weighted by Gasteiger charge is 2.08. The second kappa shape index (κ2) is 5.56. The summed E-state index contributed by atoms with van der Waals surface area (Å²) in [7, 11) is 0. The molecule has 0 unspecified atom stereocenters. The first kappa shape index (κ1) is 13.0. The molecule has 0 fully saturated rings. The van der Waals surface area contributed by atoms with Gasteiger partial charge in [0.1, 0.15) is 5.75 Å². The minimum atomic E-state index is 0.373. The van der Waals surface area contributed by atoms with Gasteiger partial charge in [0.2, 0.25) is 5.88 Å². The van der Waals surface area contributed by atoms with E-state index >= 15 is 0 Å². The molecule has 0 bridgehead atoms. The third-order valence-electron chi connectivity index (χ3n) is 2.86. The summed E-state index contributed by atoms with van der Waals surface area (Å²) in [5, 5.41) is 2.01. The standard InChI is InChI=1S/C15H12BrN3O/c16-11-6-13(9-18-8-11)20-15-14-4-2-1-3-10(14)5-12(7-17)19-15/h1-6,8-9H,7,17H2. The molecule has 0 spiro atoms. The van der Waals surface area contributed by atoms with Gasteiger partial charge < -0.3 is 10.5 Å². The molecule has 2 heterocycles. The number of benzene rings is 1. The van der Waals surface area contributed by atoms with Crippen molar-refractivity contribution in [1.29, 1.82) is 0 Å². The Labute approximate surface area is 124 Å². The number of hydrogen-bond acceptors (Lipinski definition) is 4. The van der Waals surface area contributed by atoms with Crippen LogP contribution in [-0.2, 0) is 6.54 Å². The first-order chi connectivity index (χ1) is 9.76. The molecule has 4 nitrogen and oxygen atoms in total. The van der Waals surface area contributed by atoms with Crippen LogP contribution in [0.4, 0.5) is 0 Å². The molecule has 5 heteroatoms. The summed E-state index contributed by atoms with van der Waals surface area (Å²) < 4.78 is 6.71. The zero-order valence-electron chi connectivity index (χ0n) is 10.6. The number of fused-ring (bicyclic) bond motifs is 1. The average Bonchev–Trinajstić information content (AvgIpc) is 2.47. The van der Waals surface area contributed by atoms with Crippen molar-refractivity contribution in [3.8, 4) is 11.6 Å². The van der Waals surface area contributed by atoms with E-state index in [1.807, 2.05) is 36.4 Å². The van der Waals surface area contributed by atoms with Crippen molar-refractivity contribution in [1.82, 2.24) is 9.97 Å². The molecular formula is C15H12BrN3O. The molecule has 0 saturated carbocycles. The molecule has 3 rings (SSSR count). The lowest BCUT2D eigenvalue weighted by Gasteiger charge is -2.09. The predicted octanol–water partition coefficient (Wildman–Crippen LogP) is 3.64. The molecule has 0 aliphatic rings. The highest BCUT2D eigenvalue weighted by atomic mass is 79.9. The first-order valence-corrected chi connectivity index (χ1v) is 6.93. The monoisotopic (exact) mass is 329 g/mol. The number of halogens is 1. The lowest BCUT2D eigenvalue weighted by Crippen LogP contribution is -2.01. The SMILES string of the molecule is NCc1cc2ccccc2c(Oc2cncc(Br)c2)n1. The number of nitrogens with two attached hydrogens (primary N) is 1. The van der Waals surface area contributed by atoms with Crippen LogP contribution in [0.3, 0.4) is 0 Å². The van der Waals surface area contributed by atoms with Crippen LogP contribution in [0.15, 0.2) is 53.3 Å². The van der Waals surface area contributed by atoms with E-state index in [1.54, 1.807) is 12.4 Å². The van der Waals surface area contributed by atoms with E-state index in [0.29, 0.717) is 18.2 Å². The van der Waals surface area contributed by atoms with E-state index in [1.165, 1.54) is 0 Å². The molecule has 0 aliphatic heterocycles. The molecule has 0 atom stereocenters. The van der Waals surface area contributed by atoms with Gasteiger partial charge in [0.15, 0.2) is 0 Å². The third-order valence-corrected chi connectivity index (χ3v) is 3.30. The molecule has 0 aliphatic carbocycles. The van der Waals surface area contributed by atoms with Gasteiger partial charge in [0.25, 0.3) is 0 Å². The molecule has 1 aromatic carbocycles. The summed E-state index contributed by atoms with van der Waals surface area (Å²) in [6.07, 6.45) is 3.35. The van der Waals surface area contributed by atoms with Crippen LogP contribution >= 0.6 is 15.9 Å². The van der Waals surface area contributed by atoms with Crippen LogP contribution in [0.2, 0.25) is 0 Å². The number of hydrogen-bond donors (Lipinski definition) is 1. The lowest BCUT2D eigenvalue weighted by atomic mass is 10.1. The van der Waals surface area contributed by atoms with Crippen molar-refractivity contribution in [2.24, 2.45) is 5.73 Å². The zero-order valence-corrected chi connectivity index (χ0v) is 12.2. The Morgan fingerprint density at radius 3 is 2.80 bits per heavy atom. The Kier molecular flexibility index (Phi) is 3.62. The van der Waals surface area contributed by atoms with Crippen LogP contribution < -0.4 is 10.5 Å². The summed E-state index contributed by atoms with van der Waals surface area (Å²) in [5.74, 6) is 1.18. The minimum Gasteiger partial charge on any atom is -0.437 e. The Bertz CT molecular complexity index is 761. The van der Waals surface area contributed by atoms with E-state index in [-0.39, 0.29) is 0 Å². The molecule has 0 radical (unpaired) electrons. The van der Waals surface area contributed by atoms with E-state index < -0.39 is 0 Å². The van der Waals surface area contributed by atoms with Crippen molar-refractivity contribution in [3.05, 3.63) is 59.0 Å². The second-order valence-electron chi connectivity index (χ2n) is 4.28. The smallest absolute Gasteiger partial charge is 0.227 e. The molecule has 0 saturated heterocycles. The number of aromatic nitrogens is 2. The van der Waals surface area contributed by atoms with Crippen molar-refractivity contribution in [3.63, 3.8) is 0 Å². The lowest BCUT2D eigenvalue weighted by molar-refractivity contribution is 0.464. The maximum absolute atomic E-state index is 5.86. The number of rotatable bonds is 3. The van der Waals surface area contributed by atoms with Gasteiger partial charge in [-0.05, 0) is 39.5 Å². The van der Waals surface area contributed by atoms with Crippen LogP contribution in [0, 0.1) is 0 Å². The number of ether oxygens (including phenoxy) is 1. The minimum absolute atomic E-state index is 0.373. The van der Waals surface area contributed by atoms with Gasteiger partial charge in [0.05, 0.1) is 11.9 Å². The van der Waals surface area contributed by atoms with Crippen LogP contribution in [0.1, 0.15) is 5.69 Å². The Hall–Kier alpha value is -1.98. The zero-order chi connectivity index (χ0) is 13.9. The van der Waals surface area contributed by atoms with Gasteiger partial charge >= 0.3 is 0 Å².